The molecule has 13 heteroatoms. The molecule has 1 saturated heterocycles. The van der Waals surface area contributed by atoms with E-state index >= 15 is 0 Å². The molecule has 150 valence electrons. The molecule has 3 rings (SSSR count). The number of rotatable bonds is 5. The topological polar surface area (TPSA) is 119 Å². The Morgan fingerprint density at radius 2 is 1.79 bits per heavy atom. The van der Waals surface area contributed by atoms with Gasteiger partial charge in [0.2, 0.25) is 10.0 Å². The first-order valence-electron chi connectivity index (χ1n) is 8.09. The highest BCUT2D eigenvalue weighted by molar-refractivity contribution is 7.89. The Kier molecular flexibility index (Phi) is 6.01. The van der Waals surface area contributed by atoms with E-state index in [1.54, 1.807) is 0 Å². The summed E-state index contributed by atoms with van der Waals surface area (Å²) in [5.41, 5.74) is -0.999. The van der Waals surface area contributed by atoms with Crippen LogP contribution in [-0.4, -0.2) is 58.5 Å². The minimum absolute atomic E-state index is 0.0586. The van der Waals surface area contributed by atoms with Crippen molar-refractivity contribution in [3.05, 3.63) is 61.0 Å². The van der Waals surface area contributed by atoms with Crippen LogP contribution in [-0.2, 0) is 16.7 Å². The van der Waals surface area contributed by atoms with Crippen LogP contribution in [0.2, 0.25) is 10.0 Å². The number of sulfonamides is 1. The van der Waals surface area contributed by atoms with Gasteiger partial charge < -0.3 is 0 Å². The average molecular weight is 448 g/mol. The molecule has 1 aromatic heterocycles. The molecule has 0 N–H and O–H groups in total. The summed E-state index contributed by atoms with van der Waals surface area (Å²) in [6.07, 6.45) is 1.26. The molecule has 1 aliphatic heterocycles. The maximum absolute atomic E-state index is 12.8. The van der Waals surface area contributed by atoms with Crippen molar-refractivity contribution in [1.29, 1.82) is 0 Å². The molecule has 0 saturated carbocycles. The molecule has 0 radical (unpaired) electrons. The highest BCUT2D eigenvalue weighted by Gasteiger charge is 2.33. The van der Waals surface area contributed by atoms with Gasteiger partial charge >= 0.3 is 0 Å². The number of para-hydroxylation sites is 1. The smallest absolute Gasteiger partial charge is 0.282 e. The minimum Gasteiger partial charge on any atom is -0.282 e. The third-order valence-corrected chi connectivity index (χ3v) is 6.98. The van der Waals surface area contributed by atoms with Crippen LogP contribution >= 0.6 is 23.2 Å². The molecule has 1 aromatic carbocycles. The lowest BCUT2D eigenvalue weighted by molar-refractivity contribution is -0.387. The zero-order valence-corrected chi connectivity index (χ0v) is 16.7. The Morgan fingerprint density at radius 3 is 2.43 bits per heavy atom. The van der Waals surface area contributed by atoms with Crippen LogP contribution in [0.5, 0.6) is 0 Å². The number of nitro groups is 1. The third-order valence-electron chi connectivity index (χ3n) is 4.29. The number of hydrogen-bond acceptors (Lipinski definition) is 7. The number of hydrogen-bond donors (Lipinski definition) is 0. The summed E-state index contributed by atoms with van der Waals surface area (Å²) in [6, 6.07) is 5.24. The van der Waals surface area contributed by atoms with E-state index in [1.165, 1.54) is 28.7 Å². The summed E-state index contributed by atoms with van der Waals surface area (Å²) in [7, 11) is -4.01. The molecular weight excluding hydrogens is 433 g/mol. The molecule has 0 bridgehead atoms. The van der Waals surface area contributed by atoms with Crippen molar-refractivity contribution in [3.63, 3.8) is 0 Å². The fourth-order valence-corrected chi connectivity index (χ4v) is 4.66. The van der Waals surface area contributed by atoms with Crippen LogP contribution in [0.1, 0.15) is 0 Å². The summed E-state index contributed by atoms with van der Waals surface area (Å²) in [5.74, 6) is 0. The fraction of sp³-hybridized carbons (Fsp3) is 0.333. The molecule has 2 aromatic rings. The molecule has 2 heterocycles. The van der Waals surface area contributed by atoms with Crippen molar-refractivity contribution in [2.75, 3.05) is 26.2 Å². The first-order chi connectivity index (χ1) is 13.2. The van der Waals surface area contributed by atoms with Gasteiger partial charge in [0.1, 0.15) is 5.02 Å². The van der Waals surface area contributed by atoms with Gasteiger partial charge in [-0.1, -0.05) is 35.3 Å². The Balaban J connectivity index is 1.73. The molecule has 0 spiro atoms. The van der Waals surface area contributed by atoms with Crippen LogP contribution in [0, 0.1) is 10.1 Å². The Bertz CT molecular complexity index is 1070. The number of nitro benzene ring substituents is 1. The summed E-state index contributed by atoms with van der Waals surface area (Å²) in [4.78, 5) is 24.0. The van der Waals surface area contributed by atoms with Gasteiger partial charge in [0.25, 0.3) is 11.2 Å². The van der Waals surface area contributed by atoms with E-state index in [1.807, 2.05) is 4.90 Å². The van der Waals surface area contributed by atoms with Crippen molar-refractivity contribution in [2.45, 2.75) is 11.6 Å². The van der Waals surface area contributed by atoms with Gasteiger partial charge in [-0.15, -0.1) is 0 Å². The van der Waals surface area contributed by atoms with Crippen LogP contribution < -0.4 is 5.56 Å². The predicted molar refractivity (Wildman–Crippen MR) is 102 cm³/mol. The van der Waals surface area contributed by atoms with E-state index in [2.05, 4.69) is 5.10 Å². The Morgan fingerprint density at radius 1 is 1.14 bits per heavy atom. The molecule has 1 fully saturated rings. The zero-order valence-electron chi connectivity index (χ0n) is 14.4. The SMILES string of the molecule is O=c1c(Cl)c(Cl)cnn1CN1CCN(S(=O)(=O)c2ccccc2[N+](=O)[O-])CC1. The zero-order chi connectivity index (χ0) is 20.5. The fourth-order valence-electron chi connectivity index (χ4n) is 2.81. The second-order valence-corrected chi connectivity index (χ2v) is 8.69. The minimum atomic E-state index is -4.01. The van der Waals surface area contributed by atoms with Crippen LogP contribution in [0.25, 0.3) is 0 Å². The molecule has 28 heavy (non-hydrogen) atoms. The van der Waals surface area contributed by atoms with Gasteiger partial charge in [-0.25, -0.2) is 13.1 Å². The van der Waals surface area contributed by atoms with Crippen molar-refractivity contribution < 1.29 is 13.3 Å². The first kappa shape index (κ1) is 20.7. The van der Waals surface area contributed by atoms with Crippen molar-refractivity contribution >= 4 is 38.9 Å². The molecule has 10 nitrogen and oxygen atoms in total. The second kappa shape index (κ2) is 8.13. The second-order valence-electron chi connectivity index (χ2n) is 6.00. The summed E-state index contributed by atoms with van der Waals surface area (Å²) in [6.45, 7) is 0.979. The summed E-state index contributed by atoms with van der Waals surface area (Å²) >= 11 is 11.6. The predicted octanol–water partition coefficient (Wildman–Crippen LogP) is 1.42. The van der Waals surface area contributed by atoms with E-state index < -0.39 is 26.2 Å². The lowest BCUT2D eigenvalue weighted by Gasteiger charge is -2.33. The summed E-state index contributed by atoms with van der Waals surface area (Å²) in [5, 5.41) is 15.0. The summed E-state index contributed by atoms with van der Waals surface area (Å²) < 4.78 is 28.0. The molecule has 1 aliphatic rings. The monoisotopic (exact) mass is 447 g/mol. The number of piperazine rings is 1. The normalized spacial score (nSPS) is 16.2. The van der Waals surface area contributed by atoms with Gasteiger partial charge in [-0.2, -0.15) is 9.40 Å². The van der Waals surface area contributed by atoms with Crippen LogP contribution in [0.4, 0.5) is 5.69 Å². The van der Waals surface area contributed by atoms with Gasteiger partial charge in [-0.3, -0.25) is 19.8 Å². The Hall–Kier alpha value is -2.05. The lowest BCUT2D eigenvalue weighted by atomic mass is 10.3. The van der Waals surface area contributed by atoms with E-state index in [-0.39, 0.29) is 34.7 Å². The third kappa shape index (κ3) is 4.03. The van der Waals surface area contributed by atoms with Crippen LogP contribution in [0.3, 0.4) is 0 Å². The number of benzene rings is 1. The largest absolute Gasteiger partial charge is 0.289 e. The first-order valence-corrected chi connectivity index (χ1v) is 10.3. The van der Waals surface area contributed by atoms with Crippen molar-refractivity contribution in [1.82, 2.24) is 19.0 Å². The highest BCUT2D eigenvalue weighted by atomic mass is 35.5. The number of aromatic nitrogens is 2. The molecule has 0 unspecified atom stereocenters. The number of halogens is 2. The highest BCUT2D eigenvalue weighted by Crippen LogP contribution is 2.27. The molecular formula is C15H15Cl2N5O5S. The van der Waals surface area contributed by atoms with Gasteiger partial charge in [-0.05, 0) is 6.07 Å². The van der Waals surface area contributed by atoms with Crippen molar-refractivity contribution in [3.8, 4) is 0 Å². The van der Waals surface area contributed by atoms with E-state index in [0.29, 0.717) is 13.1 Å². The standard InChI is InChI=1S/C15H15Cl2N5O5S/c16-11-9-18-21(15(23)14(11)17)10-19-5-7-20(8-6-19)28(26,27)13-4-2-1-3-12(13)22(24)25/h1-4,9H,5-8,10H2. The molecule has 0 amide bonds. The van der Waals surface area contributed by atoms with E-state index in [4.69, 9.17) is 23.2 Å². The van der Waals surface area contributed by atoms with E-state index in [9.17, 15) is 23.3 Å². The van der Waals surface area contributed by atoms with Crippen molar-refractivity contribution in [2.24, 2.45) is 0 Å². The average Bonchev–Trinajstić information content (AvgIpc) is 2.69. The van der Waals surface area contributed by atoms with Crippen LogP contribution in [0.15, 0.2) is 40.2 Å². The van der Waals surface area contributed by atoms with Gasteiger partial charge in [0, 0.05) is 32.2 Å². The maximum Gasteiger partial charge on any atom is 0.289 e. The van der Waals surface area contributed by atoms with Gasteiger partial charge in [0.05, 0.1) is 22.8 Å². The quantitative estimate of drug-likeness (QED) is 0.501. The lowest BCUT2D eigenvalue weighted by Crippen LogP contribution is -2.49. The van der Waals surface area contributed by atoms with Gasteiger partial charge in [0.15, 0.2) is 4.90 Å². The molecule has 0 aliphatic carbocycles. The molecule has 0 atom stereocenters. The Labute approximate surface area is 170 Å². The van der Waals surface area contributed by atoms with E-state index in [0.717, 1.165) is 10.7 Å². The maximum atomic E-state index is 12.8. The number of nitrogens with zero attached hydrogens (tertiary/aromatic N) is 5.